The molecule has 112 valence electrons. The van der Waals surface area contributed by atoms with E-state index in [-0.39, 0.29) is 5.82 Å². The summed E-state index contributed by atoms with van der Waals surface area (Å²) in [5.41, 5.74) is 0.989. The molecule has 0 radical (unpaired) electrons. The van der Waals surface area contributed by atoms with E-state index in [0.717, 1.165) is 37.1 Å². The first-order valence-corrected chi connectivity index (χ1v) is 7.49. The normalized spacial score (nSPS) is 22.4. The minimum Gasteiger partial charge on any atom is -0.339 e. The number of aromatic nitrogens is 2. The first-order chi connectivity index (χ1) is 10.2. The fourth-order valence-corrected chi connectivity index (χ4v) is 2.92. The summed E-state index contributed by atoms with van der Waals surface area (Å²) in [6.07, 6.45) is 5.05. The summed E-state index contributed by atoms with van der Waals surface area (Å²) in [6, 6.07) is 7.03. The lowest BCUT2D eigenvalue weighted by Crippen LogP contribution is -2.29. The third-order valence-corrected chi connectivity index (χ3v) is 4.24. The fraction of sp³-hybridized carbons (Fsp3) is 0.500. The van der Waals surface area contributed by atoms with E-state index in [4.69, 9.17) is 4.52 Å². The van der Waals surface area contributed by atoms with E-state index in [1.54, 1.807) is 12.1 Å². The van der Waals surface area contributed by atoms with Crippen molar-refractivity contribution >= 4 is 0 Å². The van der Waals surface area contributed by atoms with Crippen LogP contribution in [0.5, 0.6) is 0 Å². The van der Waals surface area contributed by atoms with Crippen LogP contribution in [0.15, 0.2) is 28.8 Å². The van der Waals surface area contributed by atoms with Crippen LogP contribution in [0.1, 0.15) is 48.9 Å². The molecule has 1 aliphatic carbocycles. The van der Waals surface area contributed by atoms with Gasteiger partial charge in [0.05, 0.1) is 0 Å². The molecule has 1 N–H and O–H groups in total. The number of nitrogens with zero attached hydrogens (tertiary/aromatic N) is 2. The molecule has 3 rings (SSSR count). The standard InChI is InChI=1S/C16H20FN3O/c1-18-14-8-4-12(5-9-14)16-19-15(20-21-16)10-11-2-6-13(17)7-3-11/h2-3,6-7,12,14,18H,4-5,8-10H2,1H3. The molecule has 5 heteroatoms. The molecule has 0 atom stereocenters. The summed E-state index contributed by atoms with van der Waals surface area (Å²) < 4.78 is 18.3. The molecule has 4 nitrogen and oxygen atoms in total. The van der Waals surface area contributed by atoms with Gasteiger partial charge in [-0.15, -0.1) is 0 Å². The minimum absolute atomic E-state index is 0.228. The van der Waals surface area contributed by atoms with E-state index in [1.165, 1.54) is 12.1 Å². The second kappa shape index (κ2) is 6.35. The maximum Gasteiger partial charge on any atom is 0.229 e. The lowest BCUT2D eigenvalue weighted by molar-refractivity contribution is 0.288. The van der Waals surface area contributed by atoms with E-state index in [1.807, 2.05) is 7.05 Å². The highest BCUT2D eigenvalue weighted by Crippen LogP contribution is 2.31. The monoisotopic (exact) mass is 289 g/mol. The van der Waals surface area contributed by atoms with E-state index < -0.39 is 0 Å². The van der Waals surface area contributed by atoms with Gasteiger partial charge in [-0.2, -0.15) is 4.98 Å². The van der Waals surface area contributed by atoms with Crippen LogP contribution >= 0.6 is 0 Å². The van der Waals surface area contributed by atoms with Crippen molar-refractivity contribution in [2.75, 3.05) is 7.05 Å². The van der Waals surface area contributed by atoms with Gasteiger partial charge in [0, 0.05) is 18.4 Å². The molecule has 0 amide bonds. The van der Waals surface area contributed by atoms with Gasteiger partial charge in [-0.05, 0) is 50.4 Å². The Hall–Kier alpha value is -1.75. The molecule has 2 aromatic rings. The maximum absolute atomic E-state index is 12.9. The lowest BCUT2D eigenvalue weighted by Gasteiger charge is -2.25. The Morgan fingerprint density at radius 2 is 1.90 bits per heavy atom. The summed E-state index contributed by atoms with van der Waals surface area (Å²) >= 11 is 0. The van der Waals surface area contributed by atoms with E-state index >= 15 is 0 Å². The van der Waals surface area contributed by atoms with Crippen LogP contribution < -0.4 is 5.32 Å². The summed E-state index contributed by atoms with van der Waals surface area (Å²) in [6.45, 7) is 0. The van der Waals surface area contributed by atoms with Crippen molar-refractivity contribution in [1.29, 1.82) is 0 Å². The number of hydrogen-bond acceptors (Lipinski definition) is 4. The summed E-state index contributed by atoms with van der Waals surface area (Å²) in [7, 11) is 2.01. The van der Waals surface area contributed by atoms with Crippen molar-refractivity contribution in [2.24, 2.45) is 0 Å². The molecule has 1 aliphatic rings. The molecule has 0 saturated heterocycles. The van der Waals surface area contributed by atoms with Crippen molar-refractivity contribution in [3.05, 3.63) is 47.4 Å². The molecular formula is C16H20FN3O. The molecule has 0 unspecified atom stereocenters. The number of hydrogen-bond donors (Lipinski definition) is 1. The van der Waals surface area contributed by atoms with Crippen LogP contribution in [0.2, 0.25) is 0 Å². The van der Waals surface area contributed by atoms with Crippen LogP contribution in [-0.2, 0) is 6.42 Å². The summed E-state index contributed by atoms with van der Waals surface area (Å²) in [5, 5.41) is 7.37. The number of nitrogens with one attached hydrogen (secondary N) is 1. The van der Waals surface area contributed by atoms with Crippen molar-refractivity contribution in [3.63, 3.8) is 0 Å². The molecular weight excluding hydrogens is 269 g/mol. The molecule has 1 aromatic carbocycles. The zero-order chi connectivity index (χ0) is 14.7. The highest BCUT2D eigenvalue weighted by atomic mass is 19.1. The van der Waals surface area contributed by atoms with E-state index in [9.17, 15) is 4.39 Å². The van der Waals surface area contributed by atoms with Gasteiger partial charge < -0.3 is 9.84 Å². The van der Waals surface area contributed by atoms with Gasteiger partial charge in [-0.3, -0.25) is 0 Å². The topological polar surface area (TPSA) is 51.0 Å². The first kappa shape index (κ1) is 14.2. The Morgan fingerprint density at radius 1 is 1.19 bits per heavy atom. The van der Waals surface area contributed by atoms with Gasteiger partial charge in [0.2, 0.25) is 5.89 Å². The number of rotatable bonds is 4. The van der Waals surface area contributed by atoms with Crippen molar-refractivity contribution in [3.8, 4) is 0 Å². The van der Waals surface area contributed by atoms with E-state index in [2.05, 4.69) is 15.5 Å². The molecule has 0 aliphatic heterocycles. The van der Waals surface area contributed by atoms with Gasteiger partial charge in [-0.1, -0.05) is 17.3 Å². The zero-order valence-corrected chi connectivity index (χ0v) is 12.2. The van der Waals surface area contributed by atoms with Crippen LogP contribution in [0.3, 0.4) is 0 Å². The summed E-state index contributed by atoms with van der Waals surface area (Å²) in [5.74, 6) is 1.58. The molecule has 1 saturated carbocycles. The smallest absolute Gasteiger partial charge is 0.229 e. The molecule has 1 aromatic heterocycles. The largest absolute Gasteiger partial charge is 0.339 e. The predicted molar refractivity (Wildman–Crippen MR) is 77.6 cm³/mol. The SMILES string of the molecule is CNC1CCC(c2nc(Cc3ccc(F)cc3)no2)CC1. The van der Waals surface area contributed by atoms with Crippen molar-refractivity contribution < 1.29 is 8.91 Å². The fourth-order valence-electron chi connectivity index (χ4n) is 2.92. The quantitative estimate of drug-likeness (QED) is 0.940. The molecule has 0 spiro atoms. The van der Waals surface area contributed by atoms with Crippen molar-refractivity contribution in [1.82, 2.24) is 15.5 Å². The third-order valence-electron chi connectivity index (χ3n) is 4.24. The van der Waals surface area contributed by atoms with Gasteiger partial charge in [0.25, 0.3) is 0 Å². The summed E-state index contributed by atoms with van der Waals surface area (Å²) in [4.78, 5) is 4.51. The van der Waals surface area contributed by atoms with Crippen LogP contribution in [0.25, 0.3) is 0 Å². The Labute approximate surface area is 123 Å². The highest BCUT2D eigenvalue weighted by molar-refractivity contribution is 5.19. The number of halogens is 1. The number of benzene rings is 1. The van der Waals surface area contributed by atoms with Gasteiger partial charge in [0.15, 0.2) is 5.82 Å². The van der Waals surface area contributed by atoms with Crippen LogP contribution in [-0.4, -0.2) is 23.2 Å². The Balaban J connectivity index is 1.62. The zero-order valence-electron chi connectivity index (χ0n) is 12.2. The van der Waals surface area contributed by atoms with E-state index in [0.29, 0.717) is 24.2 Å². The van der Waals surface area contributed by atoms with Gasteiger partial charge in [-0.25, -0.2) is 4.39 Å². The second-order valence-corrected chi connectivity index (χ2v) is 5.69. The molecule has 1 fully saturated rings. The molecule has 1 heterocycles. The van der Waals surface area contributed by atoms with Gasteiger partial charge in [0.1, 0.15) is 5.82 Å². The molecule has 0 bridgehead atoms. The average Bonchev–Trinajstić information content (AvgIpc) is 2.98. The van der Waals surface area contributed by atoms with Crippen molar-refractivity contribution in [2.45, 2.75) is 44.1 Å². The molecule has 21 heavy (non-hydrogen) atoms. The first-order valence-electron chi connectivity index (χ1n) is 7.49. The maximum atomic E-state index is 12.9. The lowest BCUT2D eigenvalue weighted by atomic mass is 9.86. The predicted octanol–water partition coefficient (Wildman–Crippen LogP) is 3.05. The minimum atomic E-state index is -0.228. The Bertz CT molecular complexity index is 573. The Morgan fingerprint density at radius 3 is 2.57 bits per heavy atom. The van der Waals surface area contributed by atoms with Crippen LogP contribution in [0, 0.1) is 5.82 Å². The Kier molecular flexibility index (Phi) is 4.29. The van der Waals surface area contributed by atoms with Gasteiger partial charge >= 0.3 is 0 Å². The average molecular weight is 289 g/mol. The van der Waals surface area contributed by atoms with Crippen LogP contribution in [0.4, 0.5) is 4.39 Å². The third kappa shape index (κ3) is 3.47. The highest BCUT2D eigenvalue weighted by Gasteiger charge is 2.25. The second-order valence-electron chi connectivity index (χ2n) is 5.69.